The lowest BCUT2D eigenvalue weighted by Gasteiger charge is -2.26. The molecule has 238 valence electrons. The monoisotopic (exact) mass is 693 g/mol. The smallest absolute Gasteiger partial charge is 0.0468 e. The first-order valence-electron chi connectivity index (χ1n) is 17.0. The number of fused-ring (bicyclic) bond motifs is 5. The average molecular weight is 694 g/mol. The van der Waals surface area contributed by atoms with Gasteiger partial charge < -0.3 is 4.90 Å². The molecule has 0 spiro atoms. The summed E-state index contributed by atoms with van der Waals surface area (Å²) in [4.78, 5) is 6.51. The van der Waals surface area contributed by atoms with E-state index < -0.39 is 0 Å². The Bertz CT molecular complexity index is 2690. The maximum Gasteiger partial charge on any atom is 0.0468 e. The van der Waals surface area contributed by atoms with Gasteiger partial charge in [0, 0.05) is 56.6 Å². The van der Waals surface area contributed by atoms with Crippen LogP contribution in [0.5, 0.6) is 0 Å². The summed E-state index contributed by atoms with van der Waals surface area (Å²) < 4.78 is 3.99. The van der Waals surface area contributed by atoms with Crippen molar-refractivity contribution in [3.63, 3.8) is 0 Å². The zero-order valence-electron chi connectivity index (χ0n) is 27.2. The third kappa shape index (κ3) is 5.28. The minimum Gasteiger partial charge on any atom is -0.310 e. The molecule has 3 heterocycles. The van der Waals surface area contributed by atoms with Gasteiger partial charge in [0.1, 0.15) is 0 Å². The van der Waals surface area contributed by atoms with E-state index in [0.717, 1.165) is 29.9 Å². The van der Waals surface area contributed by atoms with E-state index in [9.17, 15) is 0 Å². The predicted octanol–water partition coefficient (Wildman–Crippen LogP) is 14.8. The molecule has 0 radical (unpaired) electrons. The molecule has 0 amide bonds. The summed E-state index contributed by atoms with van der Waals surface area (Å²) in [6.07, 6.45) is 6.85. The van der Waals surface area contributed by atoms with E-state index in [1.54, 1.807) is 0 Å². The van der Waals surface area contributed by atoms with E-state index in [4.69, 9.17) is 0 Å². The second kappa shape index (κ2) is 12.3. The Hall–Kier alpha value is -5.26. The molecule has 0 fully saturated rings. The number of hydrogen-bond acceptors (Lipinski definition) is 4. The highest BCUT2D eigenvalue weighted by molar-refractivity contribution is 7.25. The molecular weight excluding hydrogens is 663 g/mol. The van der Waals surface area contributed by atoms with Gasteiger partial charge >= 0.3 is 0 Å². The van der Waals surface area contributed by atoms with Crippen LogP contribution >= 0.6 is 34.0 Å². The van der Waals surface area contributed by atoms with Crippen LogP contribution in [0.25, 0.3) is 68.3 Å². The standard InChI is InChI=1S/C46H31NS3/c1-4-16-41-34(9-1)28-45(48-41)32-11-7-13-37(25-32)47(38-14-8-12-33(26-38)46-29-35-10-2-5-17-42(35)49-46)36-22-19-30(20-23-36)31-21-24-44-40(27-31)39-15-3-6-18-43(39)50-44/h1-4,6-16,18-29H,5,17H2. The molecule has 1 aliphatic rings. The second-order valence-electron chi connectivity index (χ2n) is 12.9. The van der Waals surface area contributed by atoms with Gasteiger partial charge in [-0.25, -0.2) is 0 Å². The lowest BCUT2D eigenvalue weighted by molar-refractivity contribution is 1.01. The fraction of sp³-hybridized carbons (Fsp3) is 0.0435. The molecule has 3 aromatic heterocycles. The van der Waals surface area contributed by atoms with Crippen LogP contribution in [0.1, 0.15) is 16.9 Å². The molecule has 9 aromatic rings. The Morgan fingerprint density at radius 3 is 1.92 bits per heavy atom. The number of anilines is 3. The second-order valence-corrected chi connectivity index (χ2v) is 16.2. The fourth-order valence-corrected chi connectivity index (χ4v) is 10.5. The van der Waals surface area contributed by atoms with Crippen LogP contribution in [0.4, 0.5) is 17.1 Å². The lowest BCUT2D eigenvalue weighted by atomic mass is 10.0. The van der Waals surface area contributed by atoms with Crippen LogP contribution < -0.4 is 4.90 Å². The summed E-state index contributed by atoms with van der Waals surface area (Å²) in [5.74, 6) is 0. The molecule has 0 saturated carbocycles. The third-order valence-corrected chi connectivity index (χ3v) is 13.3. The van der Waals surface area contributed by atoms with E-state index in [1.165, 1.54) is 72.7 Å². The number of benzene rings is 6. The first-order valence-corrected chi connectivity index (χ1v) is 19.5. The van der Waals surface area contributed by atoms with Crippen molar-refractivity contribution < 1.29 is 0 Å². The summed E-state index contributed by atoms with van der Waals surface area (Å²) in [6.45, 7) is 0. The predicted molar refractivity (Wildman–Crippen MR) is 221 cm³/mol. The molecular formula is C46H31NS3. The van der Waals surface area contributed by atoms with Gasteiger partial charge in [0.2, 0.25) is 0 Å². The van der Waals surface area contributed by atoms with Crippen molar-refractivity contribution in [3.05, 3.63) is 168 Å². The zero-order valence-corrected chi connectivity index (χ0v) is 29.6. The molecule has 1 aliphatic carbocycles. The number of nitrogens with zero attached hydrogens (tertiary/aromatic N) is 1. The first kappa shape index (κ1) is 29.6. The maximum atomic E-state index is 2.41. The van der Waals surface area contributed by atoms with E-state index in [2.05, 4.69) is 169 Å². The van der Waals surface area contributed by atoms with Crippen LogP contribution in [0, 0.1) is 0 Å². The lowest BCUT2D eigenvalue weighted by Crippen LogP contribution is -2.10. The highest BCUT2D eigenvalue weighted by Crippen LogP contribution is 2.43. The van der Waals surface area contributed by atoms with Crippen LogP contribution in [-0.2, 0) is 6.42 Å². The van der Waals surface area contributed by atoms with Gasteiger partial charge in [0.05, 0.1) is 0 Å². The van der Waals surface area contributed by atoms with Gasteiger partial charge in [-0.05, 0) is 119 Å². The van der Waals surface area contributed by atoms with Crippen molar-refractivity contribution in [2.24, 2.45) is 0 Å². The maximum absolute atomic E-state index is 2.41. The summed E-state index contributed by atoms with van der Waals surface area (Å²) in [5, 5.41) is 3.95. The van der Waals surface area contributed by atoms with Gasteiger partial charge in [-0.2, -0.15) is 0 Å². The number of rotatable bonds is 6. The molecule has 1 nitrogen and oxygen atoms in total. The molecule has 4 heteroatoms. The Morgan fingerprint density at radius 1 is 0.440 bits per heavy atom. The summed E-state index contributed by atoms with van der Waals surface area (Å²) in [6, 6.07) is 56.1. The number of thiophene rings is 3. The fourth-order valence-electron chi connectivity index (χ4n) is 7.22. The molecule has 10 rings (SSSR count). The van der Waals surface area contributed by atoms with E-state index in [-0.39, 0.29) is 0 Å². The number of aryl methyl sites for hydroxylation is 1. The van der Waals surface area contributed by atoms with Crippen LogP contribution in [0.15, 0.2) is 158 Å². The molecule has 0 N–H and O–H groups in total. The molecule has 0 atom stereocenters. The summed E-state index contributed by atoms with van der Waals surface area (Å²) >= 11 is 5.66. The minimum absolute atomic E-state index is 1.13. The van der Waals surface area contributed by atoms with Crippen molar-refractivity contribution in [2.75, 3.05) is 4.90 Å². The SMILES string of the molecule is C1=Cc2cc(-c3cccc(N(c4ccc(-c5ccc6sc7ccccc7c6c5)cc4)c4cccc(-c5cc6ccccc6s5)c4)c3)sc2CC1. The molecule has 6 aromatic carbocycles. The highest BCUT2D eigenvalue weighted by atomic mass is 32.1. The van der Waals surface area contributed by atoms with Crippen molar-refractivity contribution in [1.82, 2.24) is 0 Å². The molecule has 0 aliphatic heterocycles. The first-order chi connectivity index (χ1) is 24.7. The van der Waals surface area contributed by atoms with Crippen LogP contribution in [-0.4, -0.2) is 0 Å². The number of hydrogen-bond donors (Lipinski definition) is 0. The van der Waals surface area contributed by atoms with Crippen molar-refractivity contribution >= 4 is 87.4 Å². The normalized spacial score (nSPS) is 12.6. The summed E-state index contributed by atoms with van der Waals surface area (Å²) in [7, 11) is 0. The third-order valence-electron chi connectivity index (χ3n) is 9.72. The zero-order chi connectivity index (χ0) is 33.0. The van der Waals surface area contributed by atoms with Gasteiger partial charge in [-0.15, -0.1) is 34.0 Å². The van der Waals surface area contributed by atoms with Gasteiger partial charge in [-0.1, -0.05) is 91.0 Å². The van der Waals surface area contributed by atoms with Gasteiger partial charge in [0.25, 0.3) is 0 Å². The van der Waals surface area contributed by atoms with Gasteiger partial charge in [0.15, 0.2) is 0 Å². The topological polar surface area (TPSA) is 3.24 Å². The Labute approximate surface area is 303 Å². The largest absolute Gasteiger partial charge is 0.310 e. The van der Waals surface area contributed by atoms with Crippen molar-refractivity contribution in [1.29, 1.82) is 0 Å². The minimum atomic E-state index is 1.13. The van der Waals surface area contributed by atoms with E-state index in [1.807, 2.05) is 34.0 Å². The van der Waals surface area contributed by atoms with Crippen molar-refractivity contribution in [3.8, 4) is 32.0 Å². The molecule has 0 unspecified atom stereocenters. The quantitative estimate of drug-likeness (QED) is 0.168. The molecule has 50 heavy (non-hydrogen) atoms. The van der Waals surface area contributed by atoms with Crippen LogP contribution in [0.2, 0.25) is 0 Å². The molecule has 0 bridgehead atoms. The summed E-state index contributed by atoms with van der Waals surface area (Å²) in [5.41, 5.74) is 9.75. The van der Waals surface area contributed by atoms with Crippen molar-refractivity contribution in [2.45, 2.75) is 12.8 Å². The van der Waals surface area contributed by atoms with Crippen LogP contribution in [0.3, 0.4) is 0 Å². The molecule has 0 saturated heterocycles. The number of allylic oxidation sites excluding steroid dienone is 1. The highest BCUT2D eigenvalue weighted by Gasteiger charge is 2.17. The Kier molecular flexibility index (Phi) is 7.27. The Morgan fingerprint density at radius 2 is 1.14 bits per heavy atom. The van der Waals surface area contributed by atoms with E-state index >= 15 is 0 Å². The van der Waals surface area contributed by atoms with E-state index in [0.29, 0.717) is 0 Å². The van der Waals surface area contributed by atoms with Gasteiger partial charge in [-0.3, -0.25) is 0 Å². The Balaban J connectivity index is 1.07. The average Bonchev–Trinajstić information content (AvgIpc) is 3.91.